The van der Waals surface area contributed by atoms with Gasteiger partial charge in [0.2, 0.25) is 0 Å². The Morgan fingerprint density at radius 3 is 2.79 bits per heavy atom. The zero-order valence-corrected chi connectivity index (χ0v) is 9.98. The highest BCUT2D eigenvalue weighted by Crippen LogP contribution is 2.03. The maximum absolute atomic E-state index is 8.61. The smallest absolute Gasteiger partial charge is 0.0431 e. The fourth-order valence-corrected chi connectivity index (χ4v) is 1.96. The third kappa shape index (κ3) is 8.81. The Kier molecular flexibility index (Phi) is 11.5. The molecule has 0 saturated carbocycles. The van der Waals surface area contributed by atoms with E-state index in [9.17, 15) is 0 Å². The normalized spacial score (nSPS) is 13.1. The van der Waals surface area contributed by atoms with Gasteiger partial charge < -0.3 is 16.2 Å². The van der Waals surface area contributed by atoms with Gasteiger partial charge in [-0.2, -0.15) is 11.8 Å². The summed E-state index contributed by atoms with van der Waals surface area (Å²) in [6, 6.07) is 0.452. The molecule has 0 fully saturated rings. The molecule has 0 heterocycles. The molecule has 14 heavy (non-hydrogen) atoms. The first-order chi connectivity index (χ1) is 6.85. The van der Waals surface area contributed by atoms with Gasteiger partial charge in [-0.25, -0.2) is 0 Å². The highest BCUT2D eigenvalue weighted by Gasteiger charge is 2.04. The quantitative estimate of drug-likeness (QED) is 0.477. The van der Waals surface area contributed by atoms with Crippen molar-refractivity contribution in [3.8, 4) is 0 Å². The molecule has 0 rings (SSSR count). The van der Waals surface area contributed by atoms with Gasteiger partial charge in [0.1, 0.15) is 0 Å². The summed E-state index contributed by atoms with van der Waals surface area (Å²) in [5.74, 6) is 2.37. The van der Waals surface area contributed by atoms with Gasteiger partial charge in [-0.15, -0.1) is 0 Å². The van der Waals surface area contributed by atoms with Crippen molar-refractivity contribution in [2.24, 2.45) is 5.73 Å². The zero-order valence-electron chi connectivity index (χ0n) is 9.17. The highest BCUT2D eigenvalue weighted by molar-refractivity contribution is 7.99. The van der Waals surface area contributed by atoms with E-state index in [4.69, 9.17) is 10.8 Å². The first-order valence-electron chi connectivity index (χ1n) is 5.47. The van der Waals surface area contributed by atoms with E-state index in [2.05, 4.69) is 12.2 Å². The van der Waals surface area contributed by atoms with Crippen molar-refractivity contribution in [3.63, 3.8) is 0 Å². The van der Waals surface area contributed by atoms with Crippen LogP contribution in [0.5, 0.6) is 0 Å². The lowest BCUT2D eigenvalue weighted by atomic mass is 10.2. The molecule has 4 heteroatoms. The number of aliphatic hydroxyl groups excluding tert-OH is 1. The van der Waals surface area contributed by atoms with Crippen LogP contribution < -0.4 is 11.1 Å². The van der Waals surface area contributed by atoms with E-state index < -0.39 is 0 Å². The summed E-state index contributed by atoms with van der Waals surface area (Å²) in [6.07, 6.45) is 3.07. The summed E-state index contributed by atoms with van der Waals surface area (Å²) in [7, 11) is 0. The molecular formula is C10H24N2OS. The lowest BCUT2D eigenvalue weighted by Crippen LogP contribution is -2.37. The molecule has 0 aliphatic carbocycles. The number of nitrogens with one attached hydrogen (secondary N) is 1. The van der Waals surface area contributed by atoms with Crippen molar-refractivity contribution in [3.05, 3.63) is 0 Å². The molecule has 1 atom stereocenters. The van der Waals surface area contributed by atoms with Gasteiger partial charge in [0.15, 0.2) is 0 Å². The third-order valence-electron chi connectivity index (χ3n) is 2.12. The minimum atomic E-state index is 0.292. The molecule has 0 amide bonds. The average Bonchev–Trinajstić information content (AvgIpc) is 2.22. The van der Waals surface area contributed by atoms with Gasteiger partial charge in [-0.1, -0.05) is 6.92 Å². The van der Waals surface area contributed by atoms with E-state index in [1.54, 1.807) is 0 Å². The number of hydrogen-bond acceptors (Lipinski definition) is 4. The van der Waals surface area contributed by atoms with Gasteiger partial charge in [0.25, 0.3) is 0 Å². The second-order valence-corrected chi connectivity index (χ2v) is 4.70. The second kappa shape index (κ2) is 11.3. The lowest BCUT2D eigenvalue weighted by Gasteiger charge is -2.16. The number of nitrogens with two attached hydrogens (primary N) is 1. The van der Waals surface area contributed by atoms with Gasteiger partial charge in [-0.3, -0.25) is 0 Å². The number of thioether (sulfide) groups is 1. The molecule has 86 valence electrons. The van der Waals surface area contributed by atoms with Crippen LogP contribution in [0, 0.1) is 0 Å². The van der Waals surface area contributed by atoms with Crippen LogP contribution in [0.4, 0.5) is 0 Å². The number of aliphatic hydroxyl groups is 1. The van der Waals surface area contributed by atoms with Crippen molar-refractivity contribution in [1.29, 1.82) is 0 Å². The molecule has 0 spiro atoms. The van der Waals surface area contributed by atoms with Gasteiger partial charge in [0.05, 0.1) is 0 Å². The summed E-state index contributed by atoms with van der Waals surface area (Å²) in [5, 5.41) is 12.0. The van der Waals surface area contributed by atoms with E-state index >= 15 is 0 Å². The zero-order chi connectivity index (χ0) is 10.6. The number of hydrogen-bond donors (Lipinski definition) is 3. The molecule has 0 radical (unpaired) electrons. The van der Waals surface area contributed by atoms with Crippen molar-refractivity contribution in [1.82, 2.24) is 5.32 Å². The van der Waals surface area contributed by atoms with E-state index in [0.29, 0.717) is 19.2 Å². The summed E-state index contributed by atoms with van der Waals surface area (Å²) in [6.45, 7) is 4.15. The molecule has 0 bridgehead atoms. The van der Waals surface area contributed by atoms with Gasteiger partial charge >= 0.3 is 0 Å². The van der Waals surface area contributed by atoms with Crippen molar-refractivity contribution >= 4 is 11.8 Å². The predicted octanol–water partition coefficient (Wildman–Crippen LogP) is 0.819. The molecule has 0 aliphatic rings. The Morgan fingerprint density at radius 2 is 2.21 bits per heavy atom. The molecule has 0 saturated heterocycles. The number of unbranched alkanes of at least 4 members (excludes halogenated alkanes) is 1. The third-order valence-corrected chi connectivity index (χ3v) is 3.05. The fraction of sp³-hybridized carbons (Fsp3) is 1.00. The van der Waals surface area contributed by atoms with E-state index in [0.717, 1.165) is 25.8 Å². The van der Waals surface area contributed by atoms with Crippen LogP contribution in [0.2, 0.25) is 0 Å². The van der Waals surface area contributed by atoms with E-state index in [-0.39, 0.29) is 0 Å². The Morgan fingerprint density at radius 1 is 1.43 bits per heavy atom. The highest BCUT2D eigenvalue weighted by atomic mass is 32.2. The van der Waals surface area contributed by atoms with Crippen LogP contribution in [0.25, 0.3) is 0 Å². The first-order valence-corrected chi connectivity index (χ1v) is 6.62. The van der Waals surface area contributed by atoms with Crippen LogP contribution >= 0.6 is 11.8 Å². The van der Waals surface area contributed by atoms with Crippen LogP contribution in [0.3, 0.4) is 0 Å². The first kappa shape index (κ1) is 14.2. The molecule has 0 aromatic carbocycles. The largest absolute Gasteiger partial charge is 0.396 e. The van der Waals surface area contributed by atoms with Gasteiger partial charge in [-0.05, 0) is 37.3 Å². The maximum atomic E-state index is 8.61. The second-order valence-electron chi connectivity index (χ2n) is 3.30. The molecule has 0 aromatic rings. The summed E-state index contributed by atoms with van der Waals surface area (Å²) < 4.78 is 0. The molecule has 0 aliphatic heterocycles. The Bertz CT molecular complexity index is 114. The van der Waals surface area contributed by atoms with Crippen LogP contribution in [0.15, 0.2) is 0 Å². The summed E-state index contributed by atoms with van der Waals surface area (Å²) in [4.78, 5) is 0. The minimum Gasteiger partial charge on any atom is -0.396 e. The topological polar surface area (TPSA) is 58.3 Å². The molecular weight excluding hydrogens is 196 g/mol. The predicted molar refractivity (Wildman–Crippen MR) is 64.8 cm³/mol. The summed E-state index contributed by atoms with van der Waals surface area (Å²) >= 11 is 1.96. The molecule has 4 N–H and O–H groups in total. The van der Waals surface area contributed by atoms with Crippen LogP contribution in [-0.4, -0.2) is 42.4 Å². The molecule has 3 nitrogen and oxygen atoms in total. The lowest BCUT2D eigenvalue weighted by molar-refractivity contribution is 0.282. The monoisotopic (exact) mass is 220 g/mol. The van der Waals surface area contributed by atoms with Crippen LogP contribution in [-0.2, 0) is 0 Å². The van der Waals surface area contributed by atoms with Crippen LogP contribution in [0.1, 0.15) is 26.2 Å². The SMILES string of the molecule is CCSCCC(CN)NCCCCO. The van der Waals surface area contributed by atoms with Crippen molar-refractivity contribution < 1.29 is 5.11 Å². The Hall–Kier alpha value is 0.230. The fourth-order valence-electron chi connectivity index (χ4n) is 1.22. The standard InChI is InChI=1S/C10H24N2OS/c1-2-14-8-5-10(9-11)12-6-3-4-7-13/h10,12-13H,2-9,11H2,1H3. The van der Waals surface area contributed by atoms with E-state index in [1.165, 1.54) is 11.5 Å². The maximum Gasteiger partial charge on any atom is 0.0431 e. The average molecular weight is 220 g/mol. The van der Waals surface area contributed by atoms with E-state index in [1.807, 2.05) is 11.8 Å². The summed E-state index contributed by atoms with van der Waals surface area (Å²) in [5.41, 5.74) is 5.65. The van der Waals surface area contributed by atoms with Crippen molar-refractivity contribution in [2.75, 3.05) is 31.2 Å². The number of rotatable bonds is 10. The minimum absolute atomic E-state index is 0.292. The van der Waals surface area contributed by atoms with Gasteiger partial charge in [0, 0.05) is 19.2 Å². The van der Waals surface area contributed by atoms with Crippen molar-refractivity contribution in [2.45, 2.75) is 32.2 Å². The Balaban J connectivity index is 3.28. The molecule has 0 aromatic heterocycles. The molecule has 1 unspecified atom stereocenters. The Labute approximate surface area is 91.8 Å².